The third-order valence-corrected chi connectivity index (χ3v) is 2.26. The third-order valence-electron chi connectivity index (χ3n) is 2.26. The van der Waals surface area contributed by atoms with Crippen LogP contribution in [-0.2, 0) is 0 Å². The number of halogens is 4. The number of carbonyl (C=O) groups excluding carboxylic acids is 1. The summed E-state index contributed by atoms with van der Waals surface area (Å²) >= 11 is 0. The van der Waals surface area contributed by atoms with E-state index in [0.29, 0.717) is 0 Å². The molecule has 0 fully saturated rings. The maximum Gasteiger partial charge on any atom is 0.389 e. The van der Waals surface area contributed by atoms with Gasteiger partial charge in [0, 0.05) is 20.0 Å². The van der Waals surface area contributed by atoms with Gasteiger partial charge in [-0.2, -0.15) is 13.2 Å². The number of amides is 1. The Kier molecular flexibility index (Phi) is 5.08. The summed E-state index contributed by atoms with van der Waals surface area (Å²) in [6, 6.07) is 0.970. The monoisotopic (exact) mass is 279 g/mol. The Morgan fingerprint density at radius 2 is 2.11 bits per heavy atom. The first-order valence-corrected chi connectivity index (χ1v) is 5.51. The van der Waals surface area contributed by atoms with Gasteiger partial charge in [-0.05, 0) is 12.5 Å². The summed E-state index contributed by atoms with van der Waals surface area (Å²) in [6.07, 6.45) is -4.52. The van der Waals surface area contributed by atoms with E-state index in [1.54, 1.807) is 0 Å². The van der Waals surface area contributed by atoms with Crippen molar-refractivity contribution in [2.24, 2.45) is 0 Å². The van der Waals surface area contributed by atoms with Crippen molar-refractivity contribution in [3.63, 3.8) is 0 Å². The van der Waals surface area contributed by atoms with E-state index in [1.807, 2.05) is 0 Å². The van der Waals surface area contributed by atoms with Crippen molar-refractivity contribution in [3.05, 3.63) is 23.6 Å². The van der Waals surface area contributed by atoms with E-state index in [0.717, 1.165) is 12.3 Å². The van der Waals surface area contributed by atoms with Crippen LogP contribution >= 0.6 is 0 Å². The topological polar surface area (TPSA) is 54.0 Å². The van der Waals surface area contributed by atoms with Gasteiger partial charge in [0.25, 0.3) is 5.91 Å². The van der Waals surface area contributed by atoms with Gasteiger partial charge in [0.1, 0.15) is 11.6 Å². The largest absolute Gasteiger partial charge is 0.389 e. The minimum atomic E-state index is -4.25. The average Bonchev–Trinajstić information content (AvgIpc) is 2.33. The molecule has 1 heterocycles. The molecule has 1 rings (SSSR count). The van der Waals surface area contributed by atoms with Crippen LogP contribution in [0.15, 0.2) is 12.3 Å². The lowest BCUT2D eigenvalue weighted by atomic mass is 10.2. The molecule has 0 saturated carbocycles. The van der Waals surface area contributed by atoms with E-state index in [4.69, 9.17) is 0 Å². The highest BCUT2D eigenvalue weighted by atomic mass is 19.4. The van der Waals surface area contributed by atoms with Crippen LogP contribution in [0.2, 0.25) is 0 Å². The van der Waals surface area contributed by atoms with Crippen molar-refractivity contribution in [2.45, 2.75) is 19.0 Å². The van der Waals surface area contributed by atoms with E-state index in [-0.39, 0.29) is 24.3 Å². The molecule has 0 aliphatic carbocycles. The van der Waals surface area contributed by atoms with E-state index < -0.39 is 24.3 Å². The highest BCUT2D eigenvalue weighted by molar-refractivity contribution is 5.98. The molecule has 2 N–H and O–H groups in total. The van der Waals surface area contributed by atoms with Gasteiger partial charge in [0.15, 0.2) is 0 Å². The molecule has 0 saturated heterocycles. The van der Waals surface area contributed by atoms with Gasteiger partial charge in [-0.25, -0.2) is 9.37 Å². The molecule has 0 aliphatic heterocycles. The molecule has 1 aromatic rings. The molecule has 4 nitrogen and oxygen atoms in total. The summed E-state index contributed by atoms with van der Waals surface area (Å²) in [7, 11) is 1.50. The predicted molar refractivity (Wildman–Crippen MR) is 61.4 cm³/mol. The zero-order valence-corrected chi connectivity index (χ0v) is 10.1. The highest BCUT2D eigenvalue weighted by Gasteiger charge is 2.26. The number of nitrogens with one attached hydrogen (secondary N) is 2. The molecule has 0 bridgehead atoms. The summed E-state index contributed by atoms with van der Waals surface area (Å²) in [6.45, 7) is -0.141. The Balaban J connectivity index is 2.56. The number of hydrogen-bond acceptors (Lipinski definition) is 3. The molecule has 1 amide bonds. The van der Waals surface area contributed by atoms with Crippen molar-refractivity contribution in [3.8, 4) is 0 Å². The maximum atomic E-state index is 13.0. The summed E-state index contributed by atoms with van der Waals surface area (Å²) in [5, 5.41) is 4.89. The molecule has 0 radical (unpaired) electrons. The van der Waals surface area contributed by atoms with Crippen LogP contribution in [0.4, 0.5) is 23.4 Å². The van der Waals surface area contributed by atoms with E-state index in [1.165, 1.54) is 7.05 Å². The summed E-state index contributed by atoms with van der Waals surface area (Å²) in [4.78, 5) is 15.3. The average molecular weight is 279 g/mol. The fourth-order valence-corrected chi connectivity index (χ4v) is 1.40. The lowest BCUT2D eigenvalue weighted by molar-refractivity contribution is -0.135. The summed E-state index contributed by atoms with van der Waals surface area (Å²) in [5.41, 5.74) is -0.0468. The lowest BCUT2D eigenvalue weighted by Gasteiger charge is -2.10. The number of rotatable bonds is 5. The van der Waals surface area contributed by atoms with Crippen molar-refractivity contribution < 1.29 is 22.4 Å². The highest BCUT2D eigenvalue weighted by Crippen LogP contribution is 2.20. The molecule has 0 unspecified atom stereocenters. The van der Waals surface area contributed by atoms with Gasteiger partial charge in [-0.3, -0.25) is 4.79 Å². The number of hydrogen-bond donors (Lipinski definition) is 2. The van der Waals surface area contributed by atoms with Crippen LogP contribution in [-0.4, -0.2) is 30.7 Å². The molecule has 1 aromatic heterocycles. The molecular formula is C11H13F4N3O. The van der Waals surface area contributed by atoms with Gasteiger partial charge < -0.3 is 10.6 Å². The van der Waals surface area contributed by atoms with Gasteiger partial charge in [-0.1, -0.05) is 0 Å². The Morgan fingerprint density at radius 1 is 1.42 bits per heavy atom. The van der Waals surface area contributed by atoms with Crippen molar-refractivity contribution in [1.82, 2.24) is 10.3 Å². The van der Waals surface area contributed by atoms with Gasteiger partial charge in [-0.15, -0.1) is 0 Å². The molecule has 106 valence electrons. The van der Waals surface area contributed by atoms with Gasteiger partial charge in [0.05, 0.1) is 11.8 Å². The molecule has 8 heteroatoms. The number of carbonyl (C=O) groups is 1. The minimum Gasteiger partial charge on any atom is -0.372 e. The van der Waals surface area contributed by atoms with Gasteiger partial charge >= 0.3 is 6.18 Å². The smallest absolute Gasteiger partial charge is 0.372 e. The normalized spacial score (nSPS) is 11.2. The van der Waals surface area contributed by atoms with Crippen LogP contribution in [0.25, 0.3) is 0 Å². The number of anilines is 1. The molecule has 0 aromatic carbocycles. The summed E-state index contributed by atoms with van der Waals surface area (Å²) in [5.74, 6) is -1.20. The zero-order chi connectivity index (χ0) is 14.5. The van der Waals surface area contributed by atoms with Gasteiger partial charge in [0.2, 0.25) is 0 Å². The van der Waals surface area contributed by atoms with Crippen LogP contribution in [0.1, 0.15) is 23.2 Å². The number of aromatic nitrogens is 1. The molecule has 19 heavy (non-hydrogen) atoms. The SMILES string of the molecule is CNc1ncc(F)cc1C(=O)NCCCC(F)(F)F. The number of alkyl halides is 3. The van der Waals surface area contributed by atoms with Crippen molar-refractivity contribution in [1.29, 1.82) is 0 Å². The third kappa shape index (κ3) is 5.11. The van der Waals surface area contributed by atoms with Crippen molar-refractivity contribution >= 4 is 11.7 Å². The summed E-state index contributed by atoms with van der Waals surface area (Å²) < 4.78 is 48.6. The second kappa shape index (κ2) is 6.35. The first kappa shape index (κ1) is 15.2. The molecule has 0 spiro atoms. The fourth-order valence-electron chi connectivity index (χ4n) is 1.40. The van der Waals surface area contributed by atoms with Crippen LogP contribution in [0.3, 0.4) is 0 Å². The standard InChI is InChI=1S/C11H13F4N3O/c1-16-9-8(5-7(12)6-18-9)10(19)17-4-2-3-11(13,14)15/h5-6H,2-4H2,1H3,(H,16,18)(H,17,19). The predicted octanol–water partition coefficient (Wildman–Crippen LogP) is 2.33. The Morgan fingerprint density at radius 3 is 2.68 bits per heavy atom. The second-order valence-electron chi connectivity index (χ2n) is 3.77. The Hall–Kier alpha value is -1.86. The van der Waals surface area contributed by atoms with Crippen molar-refractivity contribution in [2.75, 3.05) is 18.9 Å². The quantitative estimate of drug-likeness (QED) is 0.642. The minimum absolute atomic E-state index is 0.0468. The first-order chi connectivity index (χ1) is 8.83. The lowest BCUT2D eigenvalue weighted by Crippen LogP contribution is -2.26. The van der Waals surface area contributed by atoms with Crippen LogP contribution in [0, 0.1) is 5.82 Å². The molecule has 0 aliphatic rings. The molecule has 0 atom stereocenters. The Labute approximate surface area is 107 Å². The van der Waals surface area contributed by atoms with E-state index in [2.05, 4.69) is 15.6 Å². The number of nitrogens with zero attached hydrogens (tertiary/aromatic N) is 1. The number of pyridine rings is 1. The van der Waals surface area contributed by atoms with E-state index >= 15 is 0 Å². The maximum absolute atomic E-state index is 13.0. The van der Waals surface area contributed by atoms with Crippen LogP contribution in [0.5, 0.6) is 0 Å². The first-order valence-electron chi connectivity index (χ1n) is 5.51. The van der Waals surface area contributed by atoms with E-state index in [9.17, 15) is 22.4 Å². The fraction of sp³-hybridized carbons (Fsp3) is 0.455. The van der Waals surface area contributed by atoms with Crippen LogP contribution < -0.4 is 10.6 Å². The second-order valence-corrected chi connectivity index (χ2v) is 3.77. The molecular weight excluding hydrogens is 266 g/mol. The Bertz CT molecular complexity index is 448. The zero-order valence-electron chi connectivity index (χ0n) is 10.1.